The second-order valence-electron chi connectivity index (χ2n) is 5.63. The lowest BCUT2D eigenvalue weighted by molar-refractivity contribution is -0.143. The summed E-state index contributed by atoms with van der Waals surface area (Å²) in [5.74, 6) is -0.139. The van der Waals surface area contributed by atoms with Gasteiger partial charge in [0.05, 0.1) is 23.4 Å². The number of amides is 1. The lowest BCUT2D eigenvalue weighted by Crippen LogP contribution is -2.23. The first-order valence-electron chi connectivity index (χ1n) is 8.52. The molecule has 0 saturated heterocycles. The highest BCUT2D eigenvalue weighted by atomic mass is 32.1. The zero-order valence-electron chi connectivity index (χ0n) is 15.3. The lowest BCUT2D eigenvalue weighted by Gasteiger charge is -2.06. The zero-order chi connectivity index (χ0) is 19.4. The van der Waals surface area contributed by atoms with Crippen LogP contribution in [0.2, 0.25) is 0 Å². The molecule has 3 rings (SSSR count). The Hall–Kier alpha value is -2.94. The van der Waals surface area contributed by atoms with Crippen molar-refractivity contribution in [1.29, 1.82) is 0 Å². The van der Waals surface area contributed by atoms with Gasteiger partial charge in [-0.15, -0.1) is 0 Å². The molecule has 27 heavy (non-hydrogen) atoms. The Morgan fingerprint density at radius 1 is 1.22 bits per heavy atom. The van der Waals surface area contributed by atoms with Crippen LogP contribution < -0.4 is 9.54 Å². The van der Waals surface area contributed by atoms with Crippen molar-refractivity contribution in [3.8, 4) is 5.75 Å². The molecule has 0 unspecified atom stereocenters. The summed E-state index contributed by atoms with van der Waals surface area (Å²) in [6, 6.07) is 7.14. The van der Waals surface area contributed by atoms with Crippen molar-refractivity contribution in [1.82, 2.24) is 14.3 Å². The van der Waals surface area contributed by atoms with Crippen molar-refractivity contribution in [3.63, 3.8) is 0 Å². The summed E-state index contributed by atoms with van der Waals surface area (Å²) in [6.45, 7) is 4.46. The Morgan fingerprint density at radius 2 is 2.04 bits per heavy atom. The minimum atomic E-state index is -0.468. The third kappa shape index (κ3) is 4.25. The molecule has 8 nitrogen and oxygen atoms in total. The lowest BCUT2D eigenvalue weighted by atomic mass is 10.3. The van der Waals surface area contributed by atoms with Gasteiger partial charge in [-0.1, -0.05) is 11.3 Å². The molecule has 0 saturated carbocycles. The van der Waals surface area contributed by atoms with Crippen molar-refractivity contribution >= 4 is 33.4 Å². The van der Waals surface area contributed by atoms with E-state index in [-0.39, 0.29) is 18.8 Å². The fourth-order valence-electron chi connectivity index (χ4n) is 2.56. The number of rotatable bonds is 6. The summed E-state index contributed by atoms with van der Waals surface area (Å²) in [7, 11) is 1.73. The van der Waals surface area contributed by atoms with Gasteiger partial charge in [-0.3, -0.25) is 14.3 Å². The second-order valence-corrected chi connectivity index (χ2v) is 6.64. The van der Waals surface area contributed by atoms with Crippen LogP contribution in [-0.4, -0.2) is 39.4 Å². The molecule has 9 heteroatoms. The molecule has 142 valence electrons. The topological polar surface area (TPSA) is 87.7 Å². The Kier molecular flexibility index (Phi) is 5.70. The fourth-order valence-corrected chi connectivity index (χ4v) is 3.61. The molecule has 2 heterocycles. The van der Waals surface area contributed by atoms with E-state index < -0.39 is 11.9 Å². The molecule has 0 aliphatic rings. The molecule has 0 bridgehead atoms. The third-order valence-electron chi connectivity index (χ3n) is 3.69. The van der Waals surface area contributed by atoms with Gasteiger partial charge in [0.15, 0.2) is 10.5 Å². The highest BCUT2D eigenvalue weighted by Gasteiger charge is 2.14. The van der Waals surface area contributed by atoms with E-state index in [2.05, 4.69) is 10.1 Å². The van der Waals surface area contributed by atoms with Gasteiger partial charge in [0.1, 0.15) is 12.3 Å². The van der Waals surface area contributed by atoms with Gasteiger partial charge in [0, 0.05) is 13.2 Å². The van der Waals surface area contributed by atoms with Crippen molar-refractivity contribution in [2.45, 2.75) is 20.4 Å². The second kappa shape index (κ2) is 8.17. The summed E-state index contributed by atoms with van der Waals surface area (Å²) in [4.78, 5) is 29.1. The van der Waals surface area contributed by atoms with Crippen LogP contribution in [-0.2, 0) is 23.1 Å². The van der Waals surface area contributed by atoms with Crippen molar-refractivity contribution in [3.05, 3.63) is 41.0 Å². The summed E-state index contributed by atoms with van der Waals surface area (Å²) >= 11 is 1.31. The van der Waals surface area contributed by atoms with Crippen LogP contribution >= 0.6 is 11.3 Å². The van der Waals surface area contributed by atoms with Gasteiger partial charge >= 0.3 is 5.97 Å². The predicted octanol–water partition coefficient (Wildman–Crippen LogP) is 2.14. The SMILES string of the molecule is CCOC(=O)Cn1c(=NC(=O)c2ccn(C)n2)sc2cc(OCC)ccc21. The maximum Gasteiger partial charge on any atom is 0.326 e. The van der Waals surface area contributed by atoms with Crippen LogP contribution in [0, 0.1) is 0 Å². The Morgan fingerprint density at radius 3 is 2.70 bits per heavy atom. The molecule has 1 aromatic carbocycles. The van der Waals surface area contributed by atoms with E-state index in [1.807, 2.05) is 25.1 Å². The number of hydrogen-bond acceptors (Lipinski definition) is 6. The van der Waals surface area contributed by atoms with Crippen LogP contribution in [0.25, 0.3) is 10.2 Å². The van der Waals surface area contributed by atoms with E-state index in [4.69, 9.17) is 9.47 Å². The number of ether oxygens (including phenoxy) is 2. The molecule has 0 aliphatic heterocycles. The van der Waals surface area contributed by atoms with Crippen LogP contribution in [0.1, 0.15) is 24.3 Å². The van der Waals surface area contributed by atoms with Crippen molar-refractivity contribution in [2.75, 3.05) is 13.2 Å². The highest BCUT2D eigenvalue weighted by Crippen LogP contribution is 2.23. The molecule has 0 spiro atoms. The number of benzene rings is 1. The van der Waals surface area contributed by atoms with Gasteiger partial charge in [0.2, 0.25) is 0 Å². The van der Waals surface area contributed by atoms with Crippen LogP contribution in [0.5, 0.6) is 5.75 Å². The molecule has 2 aromatic heterocycles. The van der Waals surface area contributed by atoms with Gasteiger partial charge in [-0.05, 0) is 38.1 Å². The predicted molar refractivity (Wildman–Crippen MR) is 101 cm³/mol. The number of carbonyl (C=O) groups excluding carboxylic acids is 2. The van der Waals surface area contributed by atoms with Crippen LogP contribution in [0.15, 0.2) is 35.5 Å². The molecule has 0 atom stereocenters. The van der Waals surface area contributed by atoms with E-state index >= 15 is 0 Å². The average molecular weight is 388 g/mol. The summed E-state index contributed by atoms with van der Waals surface area (Å²) in [6.07, 6.45) is 1.68. The van der Waals surface area contributed by atoms with Gasteiger partial charge in [-0.25, -0.2) is 0 Å². The van der Waals surface area contributed by atoms with Gasteiger partial charge < -0.3 is 14.0 Å². The minimum Gasteiger partial charge on any atom is -0.494 e. The Balaban J connectivity index is 2.09. The first kappa shape index (κ1) is 18.8. The Bertz CT molecular complexity index is 1050. The fraction of sp³-hybridized carbons (Fsp3) is 0.333. The largest absolute Gasteiger partial charge is 0.494 e. The maximum atomic E-state index is 12.4. The van der Waals surface area contributed by atoms with Gasteiger partial charge in [0.25, 0.3) is 5.91 Å². The number of fused-ring (bicyclic) bond motifs is 1. The average Bonchev–Trinajstić information content (AvgIpc) is 3.19. The third-order valence-corrected chi connectivity index (χ3v) is 4.73. The maximum absolute atomic E-state index is 12.4. The van der Waals surface area contributed by atoms with E-state index in [0.29, 0.717) is 11.4 Å². The van der Waals surface area contributed by atoms with Crippen LogP contribution in [0.3, 0.4) is 0 Å². The molecule has 0 radical (unpaired) electrons. The molecule has 1 amide bonds. The number of esters is 1. The molecular formula is C18H20N4O4S. The molecular weight excluding hydrogens is 368 g/mol. The summed E-state index contributed by atoms with van der Waals surface area (Å²) in [5.41, 5.74) is 1.02. The van der Waals surface area contributed by atoms with E-state index in [9.17, 15) is 9.59 Å². The number of nitrogens with zero attached hydrogens (tertiary/aromatic N) is 4. The zero-order valence-corrected chi connectivity index (χ0v) is 16.2. The van der Waals surface area contributed by atoms with Crippen molar-refractivity contribution < 1.29 is 19.1 Å². The first-order chi connectivity index (χ1) is 13.0. The molecule has 0 fully saturated rings. The number of thiazole rings is 1. The quantitative estimate of drug-likeness (QED) is 0.604. The summed E-state index contributed by atoms with van der Waals surface area (Å²) in [5, 5.41) is 4.08. The van der Waals surface area contributed by atoms with E-state index in [0.717, 1.165) is 16.0 Å². The number of aryl methyl sites for hydroxylation is 1. The molecule has 0 N–H and O–H groups in total. The summed E-state index contributed by atoms with van der Waals surface area (Å²) < 4.78 is 14.7. The highest BCUT2D eigenvalue weighted by molar-refractivity contribution is 7.16. The Labute approximate surface area is 159 Å². The molecule has 3 aromatic rings. The number of aromatic nitrogens is 3. The minimum absolute atomic E-state index is 0.0316. The smallest absolute Gasteiger partial charge is 0.326 e. The number of hydrogen-bond donors (Lipinski definition) is 0. The molecule has 0 aliphatic carbocycles. The van der Waals surface area contributed by atoms with Crippen molar-refractivity contribution in [2.24, 2.45) is 12.0 Å². The first-order valence-corrected chi connectivity index (χ1v) is 9.34. The monoisotopic (exact) mass is 388 g/mol. The normalized spacial score (nSPS) is 11.7. The number of carbonyl (C=O) groups is 2. The van der Waals surface area contributed by atoms with Crippen LogP contribution in [0.4, 0.5) is 0 Å². The van der Waals surface area contributed by atoms with E-state index in [1.165, 1.54) is 16.0 Å². The standard InChI is InChI=1S/C18H20N4O4S/c1-4-25-12-6-7-14-15(10-12)27-18(22(14)11-16(23)26-5-2)19-17(24)13-8-9-21(3)20-13/h6-10H,4-5,11H2,1-3H3. The van der Waals surface area contributed by atoms with E-state index in [1.54, 1.807) is 30.8 Å². The van der Waals surface area contributed by atoms with Gasteiger partial charge in [-0.2, -0.15) is 10.1 Å².